The molecule has 0 unspecified atom stereocenters. The largest absolute Gasteiger partial charge is 0.449 e. The average molecular weight is 264 g/mol. The highest BCUT2D eigenvalue weighted by atomic mass is 19.4. The lowest BCUT2D eigenvalue weighted by Gasteiger charge is -2.29. The zero-order valence-electron chi connectivity index (χ0n) is 7.52. The molecular weight excluding hydrogens is 259 g/mol. The molecule has 0 saturated carbocycles. The van der Waals surface area contributed by atoms with Crippen LogP contribution in [0.4, 0.5) is 39.6 Å². The molecule has 0 radical (unpaired) electrons. The summed E-state index contributed by atoms with van der Waals surface area (Å²) in [6, 6.07) is 0. The van der Waals surface area contributed by atoms with E-state index < -0.39 is 37.2 Å². The average Bonchev–Trinajstić information content (AvgIpc) is 1.99. The number of alkyl halides is 8. The van der Waals surface area contributed by atoms with Gasteiger partial charge in [0.2, 0.25) is 0 Å². The zero-order chi connectivity index (χ0) is 13.4. The normalized spacial score (nSPS) is 15.4. The molecule has 0 bridgehead atoms. The van der Waals surface area contributed by atoms with Crippen molar-refractivity contribution in [2.75, 3.05) is 0 Å². The van der Waals surface area contributed by atoms with Crippen molar-refractivity contribution in [2.45, 2.75) is 37.2 Å². The Hall–Kier alpha value is -0.670. The van der Waals surface area contributed by atoms with Gasteiger partial charge in [0.25, 0.3) is 0 Å². The first kappa shape index (κ1) is 15.3. The number of hydrogen-bond donors (Lipinski definition) is 0. The Kier molecular flexibility index (Phi) is 3.80. The molecular formula is C6H5F9O. The second-order valence-electron chi connectivity index (χ2n) is 3.07. The van der Waals surface area contributed by atoms with E-state index in [1.165, 1.54) is 4.94 Å². The highest BCUT2D eigenvalue weighted by Gasteiger charge is 2.67. The van der Waals surface area contributed by atoms with Gasteiger partial charge in [-0.1, -0.05) is 0 Å². The number of halogens is 9. The fraction of sp³-hybridized carbons (Fsp3) is 1.00. The minimum atomic E-state index is -5.90. The van der Waals surface area contributed by atoms with Crippen molar-refractivity contribution in [2.24, 2.45) is 0 Å². The van der Waals surface area contributed by atoms with Gasteiger partial charge in [0.1, 0.15) is 0 Å². The van der Waals surface area contributed by atoms with Gasteiger partial charge in [0.05, 0.1) is 6.42 Å². The molecule has 0 heterocycles. The van der Waals surface area contributed by atoms with Crippen molar-refractivity contribution in [3.63, 3.8) is 0 Å². The molecule has 10 heteroatoms. The Morgan fingerprint density at radius 3 is 1.44 bits per heavy atom. The Labute approximate surface area is 83.1 Å². The Balaban J connectivity index is 4.99. The predicted molar refractivity (Wildman–Crippen MR) is 32.3 cm³/mol. The van der Waals surface area contributed by atoms with Gasteiger partial charge in [0.15, 0.2) is 0 Å². The summed E-state index contributed by atoms with van der Waals surface area (Å²) in [7, 11) is 0. The molecule has 1 nitrogen and oxygen atoms in total. The van der Waals surface area contributed by atoms with E-state index in [4.69, 9.17) is 0 Å². The van der Waals surface area contributed by atoms with E-state index in [2.05, 4.69) is 0 Å². The van der Waals surface area contributed by atoms with E-state index in [9.17, 15) is 39.6 Å². The summed E-state index contributed by atoms with van der Waals surface area (Å²) in [5, 5.41) is 0. The molecule has 0 fully saturated rings. The molecule has 98 valence electrons. The van der Waals surface area contributed by atoms with Crippen molar-refractivity contribution in [3.05, 3.63) is 0 Å². The maximum Gasteiger partial charge on any atom is 0.449 e. The van der Waals surface area contributed by atoms with E-state index in [0.29, 0.717) is 0 Å². The van der Waals surface area contributed by atoms with Gasteiger partial charge in [-0.3, -0.25) is 0 Å². The van der Waals surface area contributed by atoms with Gasteiger partial charge in [-0.05, 0) is 4.53 Å². The van der Waals surface area contributed by atoms with Crippen LogP contribution in [0.3, 0.4) is 0 Å². The first-order valence-corrected chi connectivity index (χ1v) is 3.58. The SMILES string of the molecule is CC(F)(F)C(F)(F)CC(F)(F)C(F)(F)OF. The Bertz CT molecular complexity index is 243. The van der Waals surface area contributed by atoms with Crippen molar-refractivity contribution in [1.82, 2.24) is 0 Å². The highest BCUT2D eigenvalue weighted by Crippen LogP contribution is 2.47. The van der Waals surface area contributed by atoms with Crippen LogP contribution in [0, 0.1) is 0 Å². The molecule has 0 aliphatic heterocycles. The topological polar surface area (TPSA) is 9.23 Å². The monoisotopic (exact) mass is 264 g/mol. The van der Waals surface area contributed by atoms with Gasteiger partial charge in [-0.2, -0.15) is 26.3 Å². The van der Waals surface area contributed by atoms with Crippen LogP contribution < -0.4 is 0 Å². The smallest absolute Gasteiger partial charge is 0.200 e. The fourth-order valence-electron chi connectivity index (χ4n) is 0.593. The van der Waals surface area contributed by atoms with Gasteiger partial charge < -0.3 is 0 Å². The fourth-order valence-corrected chi connectivity index (χ4v) is 0.593. The van der Waals surface area contributed by atoms with E-state index >= 15 is 0 Å². The van der Waals surface area contributed by atoms with Crippen molar-refractivity contribution in [1.29, 1.82) is 0 Å². The summed E-state index contributed by atoms with van der Waals surface area (Å²) < 4.78 is 108. The summed E-state index contributed by atoms with van der Waals surface area (Å²) in [6.45, 7) is -0.433. The molecule has 0 aliphatic rings. The maximum atomic E-state index is 12.4. The van der Waals surface area contributed by atoms with Crippen LogP contribution in [-0.4, -0.2) is 23.9 Å². The lowest BCUT2D eigenvalue weighted by Crippen LogP contribution is -2.50. The summed E-state index contributed by atoms with van der Waals surface area (Å²) in [6.07, 6.45) is -9.15. The molecule has 0 aromatic heterocycles. The first-order valence-electron chi connectivity index (χ1n) is 3.58. The van der Waals surface area contributed by atoms with E-state index in [1.54, 1.807) is 0 Å². The highest BCUT2D eigenvalue weighted by molar-refractivity contribution is 4.89. The Morgan fingerprint density at radius 1 is 0.812 bits per heavy atom. The lowest BCUT2D eigenvalue weighted by molar-refractivity contribution is -0.432. The minimum Gasteiger partial charge on any atom is -0.200 e. The molecule has 0 N–H and O–H groups in total. The number of hydrogen-bond acceptors (Lipinski definition) is 1. The Morgan fingerprint density at radius 2 is 1.19 bits per heavy atom. The van der Waals surface area contributed by atoms with Gasteiger partial charge in [0, 0.05) is 6.92 Å². The molecule has 0 rings (SSSR count). The molecule has 0 atom stereocenters. The van der Waals surface area contributed by atoms with Crippen LogP contribution in [0.15, 0.2) is 0 Å². The maximum absolute atomic E-state index is 12.4. The lowest BCUT2D eigenvalue weighted by atomic mass is 10.0. The summed E-state index contributed by atoms with van der Waals surface area (Å²) in [4.78, 5) is 1.50. The molecule has 0 spiro atoms. The molecule has 16 heavy (non-hydrogen) atoms. The zero-order valence-corrected chi connectivity index (χ0v) is 7.52. The van der Waals surface area contributed by atoms with Gasteiger partial charge in [-0.15, -0.1) is 4.94 Å². The van der Waals surface area contributed by atoms with Crippen LogP contribution in [0.25, 0.3) is 0 Å². The van der Waals surface area contributed by atoms with Crippen molar-refractivity contribution >= 4 is 0 Å². The van der Waals surface area contributed by atoms with Gasteiger partial charge >= 0.3 is 23.9 Å². The first-order chi connectivity index (χ1) is 6.77. The third kappa shape index (κ3) is 2.92. The van der Waals surface area contributed by atoms with E-state index in [1.807, 2.05) is 0 Å². The quantitative estimate of drug-likeness (QED) is 0.686. The number of rotatable bonds is 5. The third-order valence-corrected chi connectivity index (χ3v) is 1.61. The van der Waals surface area contributed by atoms with E-state index in [0.717, 1.165) is 0 Å². The molecule has 0 amide bonds. The van der Waals surface area contributed by atoms with Crippen molar-refractivity contribution < 1.29 is 44.6 Å². The van der Waals surface area contributed by atoms with Crippen LogP contribution in [0.1, 0.15) is 13.3 Å². The molecule has 0 aliphatic carbocycles. The van der Waals surface area contributed by atoms with Crippen molar-refractivity contribution in [3.8, 4) is 0 Å². The van der Waals surface area contributed by atoms with Gasteiger partial charge in [-0.25, -0.2) is 8.78 Å². The molecule has 0 aromatic rings. The summed E-state index contributed by atoms with van der Waals surface area (Å²) in [5.74, 6) is -16.2. The summed E-state index contributed by atoms with van der Waals surface area (Å²) in [5.41, 5.74) is 0. The second-order valence-corrected chi connectivity index (χ2v) is 3.07. The summed E-state index contributed by atoms with van der Waals surface area (Å²) >= 11 is 0. The van der Waals surface area contributed by atoms with E-state index in [-0.39, 0.29) is 0 Å². The third-order valence-electron chi connectivity index (χ3n) is 1.61. The molecule has 0 saturated heterocycles. The minimum absolute atomic E-state index is 0.433. The molecule has 0 aromatic carbocycles. The van der Waals surface area contributed by atoms with Crippen LogP contribution in [-0.2, 0) is 4.94 Å². The van der Waals surface area contributed by atoms with Crippen LogP contribution >= 0.6 is 0 Å². The second kappa shape index (κ2) is 3.97. The van der Waals surface area contributed by atoms with Crippen LogP contribution in [0.5, 0.6) is 0 Å². The predicted octanol–water partition coefficient (Wildman–Crippen LogP) is 3.80. The van der Waals surface area contributed by atoms with Crippen LogP contribution in [0.2, 0.25) is 0 Å². The standard InChI is InChI=1S/C6H5F9O/c1-3(7,8)4(9,10)2-5(11,12)6(13,14)16-15/h2H2,1H3.